The molecule has 0 aliphatic carbocycles. The Morgan fingerprint density at radius 1 is 1.36 bits per heavy atom. The van der Waals surface area contributed by atoms with Crippen LogP contribution in [0.15, 0.2) is 4.99 Å². The van der Waals surface area contributed by atoms with Gasteiger partial charge in [-0.1, -0.05) is 11.8 Å². The van der Waals surface area contributed by atoms with E-state index in [9.17, 15) is 0 Å². The molecule has 1 saturated heterocycles. The summed E-state index contributed by atoms with van der Waals surface area (Å²) < 4.78 is 5.69. The predicted octanol–water partition coefficient (Wildman–Crippen LogP) is 1.63. The fourth-order valence-corrected chi connectivity index (χ4v) is 2.93. The molecule has 0 saturated carbocycles. The van der Waals surface area contributed by atoms with Crippen LogP contribution in [-0.4, -0.2) is 35.7 Å². The molecule has 14 heavy (non-hydrogen) atoms. The van der Waals surface area contributed by atoms with Crippen LogP contribution in [0, 0.1) is 0 Å². The molecule has 0 bridgehead atoms. The lowest BCUT2D eigenvalue weighted by Gasteiger charge is -2.32. The molecule has 0 aromatic rings. The van der Waals surface area contributed by atoms with Gasteiger partial charge >= 0.3 is 0 Å². The van der Waals surface area contributed by atoms with E-state index in [-0.39, 0.29) is 0 Å². The lowest BCUT2D eigenvalue weighted by atomic mass is 10.0. The van der Waals surface area contributed by atoms with E-state index in [4.69, 9.17) is 4.74 Å². The molecule has 4 heteroatoms. The van der Waals surface area contributed by atoms with Crippen molar-refractivity contribution in [2.75, 3.05) is 12.3 Å². The molecule has 0 aromatic carbocycles. The number of nitrogens with zero attached hydrogens (tertiary/aromatic N) is 1. The molecule has 1 N–H and O–H groups in total. The summed E-state index contributed by atoms with van der Waals surface area (Å²) in [5.74, 6) is 1.14. The number of hydrogen-bond acceptors (Lipinski definition) is 4. The Morgan fingerprint density at radius 3 is 2.64 bits per heavy atom. The first kappa shape index (κ1) is 10.3. The lowest BCUT2D eigenvalue weighted by Crippen LogP contribution is -2.42. The third kappa shape index (κ3) is 2.64. The average Bonchev–Trinajstić information content (AvgIpc) is 2.54. The molecule has 2 heterocycles. The van der Waals surface area contributed by atoms with E-state index in [1.54, 1.807) is 0 Å². The van der Waals surface area contributed by atoms with Crippen molar-refractivity contribution in [1.82, 2.24) is 5.32 Å². The van der Waals surface area contributed by atoms with Crippen molar-refractivity contribution < 1.29 is 4.74 Å². The van der Waals surface area contributed by atoms with Crippen molar-refractivity contribution >= 4 is 16.9 Å². The Morgan fingerprint density at radius 2 is 2.07 bits per heavy atom. The van der Waals surface area contributed by atoms with Crippen LogP contribution in [0.1, 0.15) is 26.7 Å². The maximum atomic E-state index is 5.69. The maximum absolute atomic E-state index is 5.69. The summed E-state index contributed by atoms with van der Waals surface area (Å²) in [6.45, 7) is 5.27. The number of hydrogen-bond donors (Lipinski definition) is 1. The second-order valence-corrected chi connectivity index (χ2v) is 5.19. The molecule has 0 aromatic heterocycles. The predicted molar refractivity (Wildman–Crippen MR) is 60.9 cm³/mol. The highest BCUT2D eigenvalue weighted by Crippen LogP contribution is 2.20. The fourth-order valence-electron chi connectivity index (χ4n) is 2.12. The zero-order valence-corrected chi connectivity index (χ0v) is 9.64. The summed E-state index contributed by atoms with van der Waals surface area (Å²) in [4.78, 5) is 4.41. The minimum atomic E-state index is 0.378. The maximum Gasteiger partial charge on any atom is 0.156 e. The summed E-state index contributed by atoms with van der Waals surface area (Å²) >= 11 is 1.84. The highest BCUT2D eigenvalue weighted by molar-refractivity contribution is 8.14. The molecule has 0 radical (unpaired) electrons. The summed E-state index contributed by atoms with van der Waals surface area (Å²) in [6.07, 6.45) is 2.96. The zero-order valence-electron chi connectivity index (χ0n) is 8.82. The summed E-state index contributed by atoms with van der Waals surface area (Å²) in [6, 6.07) is 0.554. The Hall–Kier alpha value is -0.220. The van der Waals surface area contributed by atoms with Gasteiger partial charge in [-0.15, -0.1) is 0 Å². The van der Waals surface area contributed by atoms with E-state index in [1.165, 1.54) is 0 Å². The molecule has 2 rings (SSSR count). The molecule has 3 nitrogen and oxygen atoms in total. The van der Waals surface area contributed by atoms with E-state index < -0.39 is 0 Å². The van der Waals surface area contributed by atoms with Crippen molar-refractivity contribution in [2.24, 2.45) is 4.99 Å². The Labute approximate surface area is 89.7 Å². The molecular weight excluding hydrogens is 196 g/mol. The quantitative estimate of drug-likeness (QED) is 0.720. The number of rotatable bonds is 1. The van der Waals surface area contributed by atoms with Crippen LogP contribution in [0.3, 0.4) is 0 Å². The molecule has 2 aliphatic rings. The number of ether oxygens (including phenoxy) is 1. The SMILES string of the molecule is CC1CC(NC2=NCCS2)CC(C)O1. The molecule has 2 atom stereocenters. The van der Waals surface area contributed by atoms with Gasteiger partial charge in [0.05, 0.1) is 18.8 Å². The Bertz CT molecular complexity index is 222. The Balaban J connectivity index is 1.84. The van der Waals surface area contributed by atoms with Gasteiger partial charge in [-0.3, -0.25) is 4.99 Å². The first-order valence-electron chi connectivity index (χ1n) is 5.33. The number of aliphatic imine (C=N–C) groups is 1. The van der Waals surface area contributed by atoms with Gasteiger partial charge in [0.15, 0.2) is 5.17 Å². The van der Waals surface area contributed by atoms with Crippen molar-refractivity contribution in [3.63, 3.8) is 0 Å². The Kier molecular flexibility index (Phi) is 3.34. The van der Waals surface area contributed by atoms with Crippen LogP contribution < -0.4 is 5.32 Å². The average molecular weight is 214 g/mol. The van der Waals surface area contributed by atoms with Gasteiger partial charge in [0.25, 0.3) is 0 Å². The molecular formula is C10H18N2OS. The molecule has 0 spiro atoms. The minimum absolute atomic E-state index is 0.378. The standard InChI is InChI=1S/C10H18N2OS/c1-7-5-9(6-8(2)13-7)12-10-11-3-4-14-10/h7-9H,3-6H2,1-2H3,(H,11,12). The van der Waals surface area contributed by atoms with Crippen LogP contribution in [-0.2, 0) is 4.74 Å². The van der Waals surface area contributed by atoms with Gasteiger partial charge in [0, 0.05) is 11.8 Å². The number of amidine groups is 1. The first-order chi connectivity index (χ1) is 6.74. The van der Waals surface area contributed by atoms with Crippen LogP contribution in [0.2, 0.25) is 0 Å². The third-order valence-corrected chi connectivity index (χ3v) is 3.52. The van der Waals surface area contributed by atoms with E-state index in [1.807, 2.05) is 11.8 Å². The van der Waals surface area contributed by atoms with E-state index >= 15 is 0 Å². The molecule has 2 unspecified atom stereocenters. The van der Waals surface area contributed by atoms with Crippen LogP contribution >= 0.6 is 11.8 Å². The normalized spacial score (nSPS) is 38.1. The van der Waals surface area contributed by atoms with E-state index in [0.717, 1.165) is 30.3 Å². The molecule has 0 amide bonds. The lowest BCUT2D eigenvalue weighted by molar-refractivity contribution is -0.0392. The summed E-state index contributed by atoms with van der Waals surface area (Å²) in [7, 11) is 0. The van der Waals surface area contributed by atoms with Gasteiger partial charge in [0.2, 0.25) is 0 Å². The molecule has 80 valence electrons. The van der Waals surface area contributed by atoms with Gasteiger partial charge in [-0.2, -0.15) is 0 Å². The smallest absolute Gasteiger partial charge is 0.156 e. The van der Waals surface area contributed by atoms with Crippen molar-refractivity contribution in [1.29, 1.82) is 0 Å². The highest BCUT2D eigenvalue weighted by atomic mass is 32.2. The molecule has 2 aliphatic heterocycles. The van der Waals surface area contributed by atoms with E-state index in [0.29, 0.717) is 18.2 Å². The summed E-state index contributed by atoms with van der Waals surface area (Å²) in [5, 5.41) is 4.65. The topological polar surface area (TPSA) is 33.6 Å². The minimum Gasteiger partial charge on any atom is -0.375 e. The largest absolute Gasteiger partial charge is 0.375 e. The van der Waals surface area contributed by atoms with Gasteiger partial charge in [-0.25, -0.2) is 0 Å². The third-order valence-electron chi connectivity index (χ3n) is 2.61. The van der Waals surface area contributed by atoms with Crippen LogP contribution in [0.4, 0.5) is 0 Å². The van der Waals surface area contributed by atoms with Crippen molar-refractivity contribution in [3.8, 4) is 0 Å². The highest BCUT2D eigenvalue weighted by Gasteiger charge is 2.25. The molecule has 1 fully saturated rings. The fraction of sp³-hybridized carbons (Fsp3) is 0.900. The van der Waals surface area contributed by atoms with Crippen LogP contribution in [0.5, 0.6) is 0 Å². The van der Waals surface area contributed by atoms with Crippen molar-refractivity contribution in [3.05, 3.63) is 0 Å². The van der Waals surface area contributed by atoms with Gasteiger partial charge in [0.1, 0.15) is 0 Å². The number of nitrogens with one attached hydrogen (secondary N) is 1. The second-order valence-electron chi connectivity index (χ2n) is 4.11. The first-order valence-corrected chi connectivity index (χ1v) is 6.32. The second kappa shape index (κ2) is 4.53. The zero-order chi connectivity index (χ0) is 9.97. The van der Waals surface area contributed by atoms with Crippen LogP contribution in [0.25, 0.3) is 0 Å². The van der Waals surface area contributed by atoms with E-state index in [2.05, 4.69) is 24.2 Å². The van der Waals surface area contributed by atoms with Gasteiger partial charge in [-0.05, 0) is 26.7 Å². The summed E-state index contributed by atoms with van der Waals surface area (Å²) in [5.41, 5.74) is 0. The number of thioether (sulfide) groups is 1. The monoisotopic (exact) mass is 214 g/mol. The van der Waals surface area contributed by atoms with Gasteiger partial charge < -0.3 is 10.1 Å². The van der Waals surface area contributed by atoms with Crippen molar-refractivity contribution in [2.45, 2.75) is 44.9 Å².